The highest BCUT2D eigenvalue weighted by atomic mass is 32.2. The minimum Gasteiger partial charge on any atom is -0.464 e. The van der Waals surface area contributed by atoms with Gasteiger partial charge in [0.25, 0.3) is 0 Å². The first-order valence-electron chi connectivity index (χ1n) is 7.22. The second kappa shape index (κ2) is 6.10. The molecule has 7 nitrogen and oxygen atoms in total. The van der Waals surface area contributed by atoms with Gasteiger partial charge in [0.2, 0.25) is 6.29 Å². The van der Waals surface area contributed by atoms with E-state index in [1.54, 1.807) is 19.1 Å². The van der Waals surface area contributed by atoms with Crippen molar-refractivity contribution in [2.75, 3.05) is 18.0 Å². The maximum absolute atomic E-state index is 11.6. The molecule has 23 heavy (non-hydrogen) atoms. The van der Waals surface area contributed by atoms with Crippen LogP contribution < -0.4 is 9.04 Å². The molecular formula is C15H21NO6S. The number of nitrogens with zero attached hydrogens (tertiary/aromatic N) is 1. The molecule has 0 saturated heterocycles. The topological polar surface area (TPSA) is 93.1 Å². The van der Waals surface area contributed by atoms with Crippen molar-refractivity contribution in [2.24, 2.45) is 0 Å². The van der Waals surface area contributed by atoms with Crippen LogP contribution in [0.2, 0.25) is 0 Å². The van der Waals surface area contributed by atoms with Gasteiger partial charge in [-0.05, 0) is 32.0 Å². The van der Waals surface area contributed by atoms with Crippen LogP contribution in [0.1, 0.15) is 32.8 Å². The molecule has 0 saturated carbocycles. The van der Waals surface area contributed by atoms with Gasteiger partial charge in [0.1, 0.15) is 5.75 Å². The average Bonchev–Trinajstić information content (AvgIpc) is 2.73. The van der Waals surface area contributed by atoms with Gasteiger partial charge in [-0.25, -0.2) is 4.31 Å². The van der Waals surface area contributed by atoms with Crippen LogP contribution in [0.15, 0.2) is 18.2 Å². The van der Waals surface area contributed by atoms with E-state index in [0.717, 1.165) is 5.56 Å². The molecule has 8 heteroatoms. The molecule has 0 amide bonds. The van der Waals surface area contributed by atoms with Crippen molar-refractivity contribution < 1.29 is 27.2 Å². The van der Waals surface area contributed by atoms with E-state index in [2.05, 4.69) is 0 Å². The van der Waals surface area contributed by atoms with Gasteiger partial charge in [0.15, 0.2) is 5.78 Å². The molecule has 1 aromatic rings. The highest BCUT2D eigenvalue weighted by Crippen LogP contribution is 2.44. The zero-order valence-corrected chi connectivity index (χ0v) is 14.4. The highest BCUT2D eigenvalue weighted by Gasteiger charge is 2.42. The van der Waals surface area contributed by atoms with Crippen LogP contribution in [0.5, 0.6) is 5.75 Å². The van der Waals surface area contributed by atoms with E-state index in [0.29, 0.717) is 10.1 Å². The molecule has 1 aliphatic rings. The number of hydrogen-bond donors (Lipinski definition) is 1. The Hall–Kier alpha value is -1.64. The number of carbonyl (C=O) groups excluding carboxylic acids is 1. The van der Waals surface area contributed by atoms with Gasteiger partial charge in [-0.2, -0.15) is 8.42 Å². The summed E-state index contributed by atoms with van der Waals surface area (Å²) in [7, 11) is -3.03. The van der Waals surface area contributed by atoms with Crippen LogP contribution in [-0.4, -0.2) is 38.7 Å². The number of Topliss-reactive ketones (excluding diaryl/α,β-unsaturated/α-hetero) is 1. The van der Waals surface area contributed by atoms with Gasteiger partial charge in [-0.1, -0.05) is 6.92 Å². The van der Waals surface area contributed by atoms with Crippen molar-refractivity contribution in [3.05, 3.63) is 23.8 Å². The third-order valence-electron chi connectivity index (χ3n) is 3.98. The van der Waals surface area contributed by atoms with Crippen LogP contribution >= 0.6 is 0 Å². The van der Waals surface area contributed by atoms with E-state index in [1.165, 1.54) is 13.2 Å². The number of methoxy groups -OCH3 is 1. The van der Waals surface area contributed by atoms with Crippen molar-refractivity contribution in [1.82, 2.24) is 0 Å². The van der Waals surface area contributed by atoms with E-state index in [1.807, 2.05) is 13.8 Å². The van der Waals surface area contributed by atoms with E-state index >= 15 is 0 Å². The molecule has 1 atom stereocenters. The number of hydrogen-bond acceptors (Lipinski definition) is 5. The van der Waals surface area contributed by atoms with Gasteiger partial charge in [0, 0.05) is 19.1 Å². The second-order valence-corrected chi connectivity index (χ2v) is 7.30. The smallest absolute Gasteiger partial charge is 0.360 e. The summed E-state index contributed by atoms with van der Waals surface area (Å²) in [4.78, 5) is 11.6. The van der Waals surface area contributed by atoms with E-state index in [-0.39, 0.29) is 17.9 Å². The molecule has 128 valence electrons. The molecule has 1 aliphatic heterocycles. The molecule has 0 fully saturated rings. The van der Waals surface area contributed by atoms with Gasteiger partial charge < -0.3 is 9.47 Å². The fraction of sp³-hybridized carbons (Fsp3) is 0.533. The van der Waals surface area contributed by atoms with Crippen molar-refractivity contribution in [1.29, 1.82) is 0 Å². The zero-order chi connectivity index (χ0) is 17.4. The molecule has 2 rings (SSSR count). The Labute approximate surface area is 136 Å². The summed E-state index contributed by atoms with van der Waals surface area (Å²) >= 11 is 0. The van der Waals surface area contributed by atoms with Crippen LogP contribution in [-0.2, 0) is 25.3 Å². The van der Waals surface area contributed by atoms with Gasteiger partial charge in [-0.15, -0.1) is 0 Å². The first-order valence-corrected chi connectivity index (χ1v) is 8.61. The van der Waals surface area contributed by atoms with Crippen molar-refractivity contribution in [2.45, 2.75) is 38.9 Å². The lowest BCUT2D eigenvalue weighted by atomic mass is 9.85. The maximum Gasteiger partial charge on any atom is 0.360 e. The highest BCUT2D eigenvalue weighted by molar-refractivity contribution is 7.87. The molecule has 1 heterocycles. The summed E-state index contributed by atoms with van der Waals surface area (Å²) in [5.41, 5.74) is 0.459. The lowest BCUT2D eigenvalue weighted by Crippen LogP contribution is -2.36. The Balaban J connectivity index is 2.47. The Morgan fingerprint density at radius 1 is 1.43 bits per heavy atom. The van der Waals surface area contributed by atoms with E-state index < -0.39 is 28.6 Å². The van der Waals surface area contributed by atoms with Gasteiger partial charge in [-0.3, -0.25) is 9.35 Å². The zero-order valence-electron chi connectivity index (χ0n) is 13.6. The minimum absolute atomic E-state index is 0.178. The van der Waals surface area contributed by atoms with E-state index in [9.17, 15) is 17.8 Å². The molecule has 0 aromatic heterocycles. The Morgan fingerprint density at radius 3 is 2.61 bits per heavy atom. The maximum atomic E-state index is 11.6. The van der Waals surface area contributed by atoms with Crippen LogP contribution in [0.25, 0.3) is 0 Å². The van der Waals surface area contributed by atoms with Crippen molar-refractivity contribution in [3.8, 4) is 5.75 Å². The minimum atomic E-state index is -4.56. The molecule has 0 radical (unpaired) electrons. The second-order valence-electron chi connectivity index (χ2n) is 5.96. The summed E-state index contributed by atoms with van der Waals surface area (Å²) in [5, 5.41) is 0. The lowest BCUT2D eigenvalue weighted by molar-refractivity contribution is -0.117. The number of benzene rings is 1. The Bertz CT molecular complexity index is 713. The number of rotatable bonds is 6. The Morgan fingerprint density at radius 2 is 2.09 bits per heavy atom. The summed E-state index contributed by atoms with van der Waals surface area (Å²) in [6.45, 7) is 5.04. The van der Waals surface area contributed by atoms with Crippen molar-refractivity contribution >= 4 is 21.8 Å². The molecule has 0 bridgehead atoms. The summed E-state index contributed by atoms with van der Waals surface area (Å²) < 4.78 is 44.4. The number of fused-ring (bicyclic) bond motifs is 1. The van der Waals surface area contributed by atoms with Crippen LogP contribution in [0.4, 0.5) is 5.69 Å². The molecule has 0 aliphatic carbocycles. The molecular weight excluding hydrogens is 322 g/mol. The van der Waals surface area contributed by atoms with Crippen molar-refractivity contribution in [3.63, 3.8) is 0 Å². The molecule has 1 aromatic carbocycles. The summed E-state index contributed by atoms with van der Waals surface area (Å²) in [6, 6.07) is 4.70. The quantitative estimate of drug-likeness (QED) is 0.793. The largest absolute Gasteiger partial charge is 0.464 e. The fourth-order valence-electron chi connectivity index (χ4n) is 2.59. The number of ketones is 1. The Kier molecular flexibility index (Phi) is 4.70. The fourth-order valence-corrected chi connectivity index (χ4v) is 3.28. The molecule has 1 unspecified atom stereocenters. The predicted molar refractivity (Wildman–Crippen MR) is 85.1 cm³/mol. The number of ether oxygens (including phenoxy) is 2. The molecule has 0 spiro atoms. The van der Waals surface area contributed by atoms with Crippen LogP contribution in [0, 0.1) is 0 Å². The standard InChI is InChI=1S/C15H21NO6S/c1-5-11(17)9-16(23(18,19)20)10-6-7-13-12(8-10)15(2,3)14(21-4)22-13/h6-8,14H,5,9H2,1-4H3,(H,18,19,20). The lowest BCUT2D eigenvalue weighted by Gasteiger charge is -2.25. The molecule has 1 N–H and O–H groups in total. The predicted octanol–water partition coefficient (Wildman–Crippen LogP) is 1.92. The third kappa shape index (κ3) is 3.34. The number of anilines is 1. The monoisotopic (exact) mass is 343 g/mol. The van der Waals surface area contributed by atoms with E-state index in [4.69, 9.17) is 9.47 Å². The summed E-state index contributed by atoms with van der Waals surface area (Å²) in [6.07, 6.45) is -0.318. The van der Waals surface area contributed by atoms with Gasteiger partial charge >= 0.3 is 10.3 Å². The normalized spacial score (nSPS) is 19.1. The van der Waals surface area contributed by atoms with Gasteiger partial charge in [0.05, 0.1) is 17.6 Å². The first-order chi connectivity index (χ1) is 10.6. The SMILES string of the molecule is CCC(=O)CN(c1ccc2c(c1)C(C)(C)C(OC)O2)S(=O)(=O)O. The van der Waals surface area contributed by atoms with Crippen LogP contribution in [0.3, 0.4) is 0 Å². The third-order valence-corrected chi connectivity index (χ3v) is 4.87. The first kappa shape index (κ1) is 17.7. The summed E-state index contributed by atoms with van der Waals surface area (Å²) in [5.74, 6) is 0.288. The number of carbonyl (C=O) groups is 1. The average molecular weight is 343 g/mol.